The predicted molar refractivity (Wildman–Crippen MR) is 109 cm³/mol. The van der Waals surface area contributed by atoms with Gasteiger partial charge in [0, 0.05) is 19.1 Å². The molecule has 25 heavy (non-hydrogen) atoms. The summed E-state index contributed by atoms with van der Waals surface area (Å²) in [6.45, 7) is 2.05. The lowest BCUT2D eigenvalue weighted by Crippen LogP contribution is -2.37. The highest BCUT2D eigenvalue weighted by molar-refractivity contribution is 5.49. The summed E-state index contributed by atoms with van der Waals surface area (Å²) in [4.78, 5) is 2.64. The van der Waals surface area contributed by atoms with Crippen LogP contribution in [0.5, 0.6) is 0 Å². The van der Waals surface area contributed by atoms with Crippen molar-refractivity contribution < 1.29 is 0 Å². The average molecular weight is 332 g/mol. The summed E-state index contributed by atoms with van der Waals surface area (Å²) in [7, 11) is 0. The molecule has 1 nitrogen and oxygen atoms in total. The Morgan fingerprint density at radius 3 is 1.64 bits per heavy atom. The zero-order valence-electron chi connectivity index (χ0n) is 15.1. The molecule has 0 amide bonds. The van der Waals surface area contributed by atoms with Crippen LogP contribution in [0.2, 0.25) is 0 Å². The van der Waals surface area contributed by atoms with E-state index in [4.69, 9.17) is 0 Å². The first-order valence-electron chi connectivity index (χ1n) is 9.59. The number of nitrogens with zero attached hydrogens (tertiary/aromatic N) is 1. The van der Waals surface area contributed by atoms with Crippen LogP contribution in [0.4, 0.5) is 0 Å². The fourth-order valence-electron chi connectivity index (χ4n) is 3.60. The Balaban J connectivity index is 1.60. The van der Waals surface area contributed by atoms with Gasteiger partial charge in [-0.1, -0.05) is 104 Å². The molecule has 0 saturated heterocycles. The maximum atomic E-state index is 2.64. The Hall–Kier alpha value is -2.12. The van der Waals surface area contributed by atoms with E-state index in [0.717, 1.165) is 19.1 Å². The molecule has 0 spiro atoms. The van der Waals surface area contributed by atoms with Crippen LogP contribution in [0, 0.1) is 0 Å². The van der Waals surface area contributed by atoms with Gasteiger partial charge in [0.15, 0.2) is 0 Å². The van der Waals surface area contributed by atoms with Gasteiger partial charge in [-0.3, -0.25) is 4.90 Å². The average Bonchev–Trinajstić information content (AvgIpc) is 2.69. The number of hydrogen-bond acceptors (Lipinski definition) is 1. The molecule has 0 unspecified atom stereocenters. The molecule has 2 aromatic carbocycles. The fraction of sp³-hybridized carbons (Fsp3) is 0.333. The number of benzene rings is 2. The van der Waals surface area contributed by atoms with Crippen molar-refractivity contribution in [2.45, 2.75) is 38.1 Å². The molecule has 1 fully saturated rings. The summed E-state index contributed by atoms with van der Waals surface area (Å²) < 4.78 is 0. The normalized spacial score (nSPS) is 16.2. The molecule has 1 saturated carbocycles. The smallest absolute Gasteiger partial charge is 0.0172 e. The van der Waals surface area contributed by atoms with Crippen LogP contribution >= 0.6 is 0 Å². The van der Waals surface area contributed by atoms with E-state index in [9.17, 15) is 0 Å². The molecular weight excluding hydrogens is 302 g/mol. The molecule has 0 aliphatic heterocycles. The molecular formula is C24H29N. The first-order valence-corrected chi connectivity index (χ1v) is 9.59. The van der Waals surface area contributed by atoms with E-state index in [1.54, 1.807) is 0 Å². The SMILES string of the molecule is C(=Cc1ccccc1)CN(CC=Cc1ccccc1)C1CCCCC1. The van der Waals surface area contributed by atoms with Crippen LogP contribution in [0.3, 0.4) is 0 Å². The lowest BCUT2D eigenvalue weighted by Gasteiger charge is -2.32. The third-order valence-electron chi connectivity index (χ3n) is 4.99. The highest BCUT2D eigenvalue weighted by Crippen LogP contribution is 2.22. The third-order valence-corrected chi connectivity index (χ3v) is 4.99. The van der Waals surface area contributed by atoms with Gasteiger partial charge in [0.1, 0.15) is 0 Å². The minimum absolute atomic E-state index is 0.731. The minimum Gasteiger partial charge on any atom is -0.293 e. The molecule has 1 aliphatic rings. The maximum Gasteiger partial charge on any atom is 0.0172 e. The summed E-state index contributed by atoms with van der Waals surface area (Å²) in [5.41, 5.74) is 2.57. The Kier molecular flexibility index (Phi) is 7.08. The van der Waals surface area contributed by atoms with Crippen molar-refractivity contribution in [3.8, 4) is 0 Å². The second kappa shape index (κ2) is 10.0. The molecule has 3 rings (SSSR count). The summed E-state index contributed by atoms with van der Waals surface area (Å²) in [6, 6.07) is 21.9. The van der Waals surface area contributed by atoms with E-state index in [1.165, 1.54) is 43.2 Å². The van der Waals surface area contributed by atoms with Gasteiger partial charge < -0.3 is 0 Å². The van der Waals surface area contributed by atoms with E-state index in [2.05, 4.69) is 89.9 Å². The van der Waals surface area contributed by atoms with Crippen LogP contribution in [0.25, 0.3) is 12.2 Å². The molecule has 1 aliphatic carbocycles. The van der Waals surface area contributed by atoms with Gasteiger partial charge in [-0.25, -0.2) is 0 Å². The monoisotopic (exact) mass is 331 g/mol. The Morgan fingerprint density at radius 2 is 1.16 bits per heavy atom. The highest BCUT2D eigenvalue weighted by Gasteiger charge is 2.19. The van der Waals surface area contributed by atoms with Crippen LogP contribution in [-0.4, -0.2) is 24.0 Å². The molecule has 0 bridgehead atoms. The standard InChI is InChI=1S/C24H29N/c1-4-12-22(13-5-1)16-10-20-25(24-18-8-3-9-19-24)21-11-17-23-14-6-2-7-15-23/h1-2,4-7,10-17,24H,3,8-9,18-21H2. The fourth-order valence-corrected chi connectivity index (χ4v) is 3.60. The Labute approximate surface area is 152 Å². The van der Waals surface area contributed by atoms with Crippen molar-refractivity contribution in [2.75, 3.05) is 13.1 Å². The van der Waals surface area contributed by atoms with Crippen molar-refractivity contribution in [3.05, 3.63) is 83.9 Å². The van der Waals surface area contributed by atoms with Crippen LogP contribution < -0.4 is 0 Å². The van der Waals surface area contributed by atoms with Crippen molar-refractivity contribution >= 4 is 12.2 Å². The second-order valence-electron chi connectivity index (χ2n) is 6.87. The van der Waals surface area contributed by atoms with E-state index in [-0.39, 0.29) is 0 Å². The molecule has 0 radical (unpaired) electrons. The van der Waals surface area contributed by atoms with E-state index >= 15 is 0 Å². The van der Waals surface area contributed by atoms with Gasteiger partial charge in [0.05, 0.1) is 0 Å². The largest absolute Gasteiger partial charge is 0.293 e. The minimum atomic E-state index is 0.731. The highest BCUT2D eigenvalue weighted by atomic mass is 15.1. The zero-order valence-corrected chi connectivity index (χ0v) is 15.1. The summed E-state index contributed by atoms with van der Waals surface area (Å²) in [5.74, 6) is 0. The predicted octanol–water partition coefficient (Wildman–Crippen LogP) is 6.05. The van der Waals surface area contributed by atoms with Crippen LogP contribution in [0.15, 0.2) is 72.8 Å². The third kappa shape index (κ3) is 6.03. The summed E-state index contributed by atoms with van der Waals surface area (Å²) >= 11 is 0. The Bertz CT molecular complexity index is 600. The van der Waals surface area contributed by atoms with Crippen molar-refractivity contribution in [2.24, 2.45) is 0 Å². The van der Waals surface area contributed by atoms with Gasteiger partial charge in [0.2, 0.25) is 0 Å². The molecule has 130 valence electrons. The summed E-state index contributed by atoms with van der Waals surface area (Å²) in [6.07, 6.45) is 16.0. The van der Waals surface area contributed by atoms with Gasteiger partial charge in [-0.05, 0) is 24.0 Å². The molecule has 0 heterocycles. The van der Waals surface area contributed by atoms with Gasteiger partial charge in [-0.2, -0.15) is 0 Å². The molecule has 1 heteroatoms. The van der Waals surface area contributed by atoms with Crippen LogP contribution in [0.1, 0.15) is 43.2 Å². The van der Waals surface area contributed by atoms with Gasteiger partial charge >= 0.3 is 0 Å². The maximum absolute atomic E-state index is 2.64. The molecule has 0 aromatic heterocycles. The van der Waals surface area contributed by atoms with Crippen LogP contribution in [-0.2, 0) is 0 Å². The lowest BCUT2D eigenvalue weighted by atomic mass is 9.94. The number of rotatable bonds is 7. The van der Waals surface area contributed by atoms with Crippen molar-refractivity contribution in [3.63, 3.8) is 0 Å². The Morgan fingerprint density at radius 1 is 0.680 bits per heavy atom. The lowest BCUT2D eigenvalue weighted by molar-refractivity contribution is 0.190. The first-order chi connectivity index (χ1) is 12.4. The number of hydrogen-bond donors (Lipinski definition) is 0. The molecule has 0 atom stereocenters. The first kappa shape index (κ1) is 17.7. The zero-order chi connectivity index (χ0) is 17.2. The van der Waals surface area contributed by atoms with Gasteiger partial charge in [-0.15, -0.1) is 0 Å². The second-order valence-corrected chi connectivity index (χ2v) is 6.87. The quantitative estimate of drug-likeness (QED) is 0.597. The van der Waals surface area contributed by atoms with E-state index in [0.29, 0.717) is 0 Å². The van der Waals surface area contributed by atoms with Gasteiger partial charge in [0.25, 0.3) is 0 Å². The molecule has 0 N–H and O–H groups in total. The van der Waals surface area contributed by atoms with E-state index in [1.807, 2.05) is 0 Å². The van der Waals surface area contributed by atoms with Crippen molar-refractivity contribution in [1.82, 2.24) is 4.90 Å². The van der Waals surface area contributed by atoms with E-state index < -0.39 is 0 Å². The summed E-state index contributed by atoms with van der Waals surface area (Å²) in [5, 5.41) is 0. The molecule has 2 aromatic rings. The topological polar surface area (TPSA) is 3.24 Å². The van der Waals surface area contributed by atoms with Crippen molar-refractivity contribution in [1.29, 1.82) is 0 Å².